The largest absolute Gasteiger partial charge is 0.449 e. The van der Waals surface area contributed by atoms with Gasteiger partial charge in [-0.3, -0.25) is 4.79 Å². The van der Waals surface area contributed by atoms with Crippen molar-refractivity contribution in [3.8, 4) is 11.3 Å². The van der Waals surface area contributed by atoms with E-state index in [0.717, 1.165) is 17.7 Å². The highest BCUT2D eigenvalue weighted by Crippen LogP contribution is 2.28. The number of hydrogen-bond donors (Lipinski definition) is 1. The SMILES string of the molecule is Cc1noc2nc(-c3ccccc3)cc(C(=O)OC(C)C(=O)Nc3ccc(F)cc3F)c12. The van der Waals surface area contributed by atoms with Crippen molar-refractivity contribution in [3.63, 3.8) is 0 Å². The number of hydrogen-bond acceptors (Lipinski definition) is 6. The zero-order valence-electron chi connectivity index (χ0n) is 17.1. The molecule has 0 aliphatic carbocycles. The molecule has 1 atom stereocenters. The van der Waals surface area contributed by atoms with Crippen molar-refractivity contribution in [2.45, 2.75) is 20.0 Å². The molecule has 2 aromatic heterocycles. The zero-order valence-corrected chi connectivity index (χ0v) is 17.1. The summed E-state index contributed by atoms with van der Waals surface area (Å²) < 4.78 is 37.4. The van der Waals surface area contributed by atoms with Gasteiger partial charge in [0, 0.05) is 11.6 Å². The Labute approximate surface area is 181 Å². The number of esters is 1. The van der Waals surface area contributed by atoms with Crippen LogP contribution in [0.2, 0.25) is 0 Å². The highest BCUT2D eigenvalue weighted by Gasteiger charge is 2.25. The van der Waals surface area contributed by atoms with E-state index in [1.807, 2.05) is 30.3 Å². The van der Waals surface area contributed by atoms with Crippen LogP contribution >= 0.6 is 0 Å². The second-order valence-corrected chi connectivity index (χ2v) is 7.03. The van der Waals surface area contributed by atoms with Crippen LogP contribution in [0.25, 0.3) is 22.4 Å². The number of halogens is 2. The predicted octanol–water partition coefficient (Wildman–Crippen LogP) is 4.66. The molecule has 4 aromatic rings. The first-order chi connectivity index (χ1) is 15.3. The molecule has 32 heavy (non-hydrogen) atoms. The average molecular weight is 437 g/mol. The van der Waals surface area contributed by atoms with Crippen LogP contribution in [0.15, 0.2) is 59.1 Å². The number of nitrogens with one attached hydrogen (secondary N) is 1. The van der Waals surface area contributed by atoms with Gasteiger partial charge in [-0.1, -0.05) is 35.5 Å². The molecule has 0 aliphatic heterocycles. The fourth-order valence-electron chi connectivity index (χ4n) is 3.12. The van der Waals surface area contributed by atoms with Crippen LogP contribution in [0.4, 0.5) is 14.5 Å². The molecule has 7 nitrogen and oxygen atoms in total. The molecule has 1 N–H and O–H groups in total. The Morgan fingerprint density at radius 2 is 1.84 bits per heavy atom. The van der Waals surface area contributed by atoms with E-state index in [1.165, 1.54) is 13.0 Å². The lowest BCUT2D eigenvalue weighted by Gasteiger charge is -2.14. The highest BCUT2D eigenvalue weighted by atomic mass is 19.1. The van der Waals surface area contributed by atoms with Crippen LogP contribution in [0.1, 0.15) is 23.0 Å². The number of fused-ring (bicyclic) bond motifs is 1. The fraction of sp³-hybridized carbons (Fsp3) is 0.130. The van der Waals surface area contributed by atoms with Crippen LogP contribution in [0.3, 0.4) is 0 Å². The third-order valence-corrected chi connectivity index (χ3v) is 4.75. The first kappa shape index (κ1) is 21.1. The maximum Gasteiger partial charge on any atom is 0.339 e. The van der Waals surface area contributed by atoms with E-state index < -0.39 is 29.6 Å². The number of amides is 1. The number of benzene rings is 2. The number of nitrogens with zero attached hydrogens (tertiary/aromatic N) is 2. The van der Waals surface area contributed by atoms with Gasteiger partial charge in [0.05, 0.1) is 28.0 Å². The maximum atomic E-state index is 13.8. The molecule has 0 saturated heterocycles. The third-order valence-electron chi connectivity index (χ3n) is 4.75. The van der Waals surface area contributed by atoms with E-state index in [9.17, 15) is 18.4 Å². The Kier molecular flexibility index (Phi) is 5.63. The number of ether oxygens (including phenoxy) is 1. The van der Waals surface area contributed by atoms with Gasteiger partial charge in [0.2, 0.25) is 0 Å². The molecule has 4 rings (SSSR count). The monoisotopic (exact) mass is 437 g/mol. The van der Waals surface area contributed by atoms with E-state index in [2.05, 4.69) is 15.5 Å². The summed E-state index contributed by atoms with van der Waals surface area (Å²) in [7, 11) is 0. The molecule has 1 amide bonds. The van der Waals surface area contributed by atoms with Crippen LogP contribution in [-0.2, 0) is 9.53 Å². The van der Waals surface area contributed by atoms with E-state index in [-0.39, 0.29) is 17.0 Å². The van der Waals surface area contributed by atoms with Gasteiger partial charge in [-0.25, -0.2) is 18.6 Å². The van der Waals surface area contributed by atoms with Crippen molar-refractivity contribution in [2.75, 3.05) is 5.32 Å². The molecule has 0 spiro atoms. The van der Waals surface area contributed by atoms with E-state index in [4.69, 9.17) is 9.26 Å². The number of rotatable bonds is 5. The number of aromatic nitrogens is 2. The van der Waals surface area contributed by atoms with Crippen molar-refractivity contribution in [2.24, 2.45) is 0 Å². The van der Waals surface area contributed by atoms with Crippen LogP contribution in [-0.4, -0.2) is 28.1 Å². The standard InChI is InChI=1S/C23H17F2N3O4/c1-12-20-16(11-19(27-22(20)32-28-12)14-6-4-3-5-7-14)23(30)31-13(2)21(29)26-18-9-8-15(24)10-17(18)25/h3-11,13H,1-2H3,(H,26,29). The number of pyridine rings is 1. The summed E-state index contributed by atoms with van der Waals surface area (Å²) in [5.74, 6) is -3.30. The molecule has 162 valence electrons. The molecular formula is C23H17F2N3O4. The molecular weight excluding hydrogens is 420 g/mol. The van der Waals surface area contributed by atoms with Gasteiger partial charge >= 0.3 is 5.97 Å². The minimum absolute atomic E-state index is 0.125. The molecule has 2 aromatic carbocycles. The summed E-state index contributed by atoms with van der Waals surface area (Å²) in [6, 6.07) is 13.4. The number of aryl methyl sites for hydroxylation is 1. The van der Waals surface area contributed by atoms with Crippen molar-refractivity contribution >= 4 is 28.7 Å². The summed E-state index contributed by atoms with van der Waals surface area (Å²) in [4.78, 5) is 29.7. The summed E-state index contributed by atoms with van der Waals surface area (Å²) in [6.45, 7) is 2.99. The van der Waals surface area contributed by atoms with Crippen LogP contribution < -0.4 is 5.32 Å². The van der Waals surface area contributed by atoms with Gasteiger partial charge in [-0.2, -0.15) is 0 Å². The number of carbonyl (C=O) groups excluding carboxylic acids is 2. The second-order valence-electron chi connectivity index (χ2n) is 7.03. The molecule has 0 radical (unpaired) electrons. The van der Waals surface area contributed by atoms with Crippen molar-refractivity contribution in [1.82, 2.24) is 10.1 Å². The predicted molar refractivity (Wildman–Crippen MR) is 112 cm³/mol. The molecule has 0 fully saturated rings. The summed E-state index contributed by atoms with van der Waals surface area (Å²) in [5.41, 5.74) is 1.69. The first-order valence-corrected chi connectivity index (χ1v) is 9.63. The Balaban J connectivity index is 1.60. The third kappa shape index (κ3) is 4.18. The van der Waals surface area contributed by atoms with Crippen molar-refractivity contribution in [1.29, 1.82) is 0 Å². The van der Waals surface area contributed by atoms with Gasteiger partial charge in [0.25, 0.3) is 11.6 Å². The Morgan fingerprint density at radius 1 is 1.09 bits per heavy atom. The minimum atomic E-state index is -1.27. The molecule has 2 heterocycles. The smallest absolute Gasteiger partial charge is 0.339 e. The van der Waals surface area contributed by atoms with Gasteiger partial charge < -0.3 is 14.6 Å². The van der Waals surface area contributed by atoms with E-state index in [1.54, 1.807) is 6.92 Å². The molecule has 0 aliphatic rings. The summed E-state index contributed by atoms with van der Waals surface area (Å²) >= 11 is 0. The van der Waals surface area contributed by atoms with Crippen LogP contribution in [0.5, 0.6) is 0 Å². The highest BCUT2D eigenvalue weighted by molar-refractivity contribution is 6.05. The Morgan fingerprint density at radius 3 is 2.56 bits per heavy atom. The van der Waals surface area contributed by atoms with Gasteiger partial charge in [0.1, 0.15) is 11.6 Å². The van der Waals surface area contributed by atoms with Crippen molar-refractivity contribution < 1.29 is 27.6 Å². The van der Waals surface area contributed by atoms with Gasteiger partial charge in [0.15, 0.2) is 6.10 Å². The first-order valence-electron chi connectivity index (χ1n) is 9.63. The summed E-state index contributed by atoms with van der Waals surface area (Å²) in [6.07, 6.45) is -1.27. The molecule has 1 unspecified atom stereocenters. The maximum absolute atomic E-state index is 13.8. The van der Waals surface area contributed by atoms with Gasteiger partial charge in [-0.05, 0) is 32.0 Å². The lowest BCUT2D eigenvalue weighted by molar-refractivity contribution is -0.123. The Hall–Kier alpha value is -4.14. The van der Waals surface area contributed by atoms with E-state index in [0.29, 0.717) is 22.8 Å². The van der Waals surface area contributed by atoms with Crippen molar-refractivity contribution in [3.05, 3.63) is 77.5 Å². The second kappa shape index (κ2) is 8.54. The topological polar surface area (TPSA) is 94.3 Å². The zero-order chi connectivity index (χ0) is 22.8. The summed E-state index contributed by atoms with van der Waals surface area (Å²) in [5, 5.41) is 6.50. The van der Waals surface area contributed by atoms with Crippen LogP contribution in [0, 0.1) is 18.6 Å². The fourth-order valence-corrected chi connectivity index (χ4v) is 3.12. The molecule has 9 heteroatoms. The number of anilines is 1. The number of carbonyl (C=O) groups is 2. The van der Waals surface area contributed by atoms with E-state index >= 15 is 0 Å². The normalized spacial score (nSPS) is 11.9. The molecule has 0 saturated carbocycles. The quantitative estimate of drug-likeness (QED) is 0.457. The van der Waals surface area contributed by atoms with Gasteiger partial charge in [-0.15, -0.1) is 0 Å². The average Bonchev–Trinajstić information content (AvgIpc) is 3.16. The Bertz CT molecular complexity index is 1320. The lowest BCUT2D eigenvalue weighted by Crippen LogP contribution is -2.30. The minimum Gasteiger partial charge on any atom is -0.449 e. The molecule has 0 bridgehead atoms. The lowest BCUT2D eigenvalue weighted by atomic mass is 10.1.